The molecule has 20 heavy (non-hydrogen) atoms. The average molecular weight is 279 g/mol. The number of aryl methyl sites for hydroxylation is 1. The lowest BCUT2D eigenvalue weighted by Crippen LogP contribution is -1.85. The van der Waals surface area contributed by atoms with Crippen LogP contribution in [0.2, 0.25) is 5.02 Å². The van der Waals surface area contributed by atoms with Gasteiger partial charge in [0.25, 0.3) is 0 Å². The molecule has 0 saturated carbocycles. The highest BCUT2D eigenvalue weighted by atomic mass is 35.5. The van der Waals surface area contributed by atoms with Gasteiger partial charge in [0.05, 0.1) is 0 Å². The standard InChI is InChI=1S/C19H15Cl/c1-14-6-5-9-18(20)19(14)17-12-10-16(11-13-17)15-7-3-2-4-8-15/h2-13H,1H3. The van der Waals surface area contributed by atoms with Gasteiger partial charge in [-0.2, -0.15) is 0 Å². The van der Waals surface area contributed by atoms with E-state index in [-0.39, 0.29) is 0 Å². The van der Waals surface area contributed by atoms with Crippen LogP contribution in [-0.2, 0) is 0 Å². The van der Waals surface area contributed by atoms with Crippen molar-refractivity contribution in [2.45, 2.75) is 6.92 Å². The second kappa shape index (κ2) is 5.52. The summed E-state index contributed by atoms with van der Waals surface area (Å²) in [5, 5.41) is 0.803. The molecule has 3 aromatic rings. The van der Waals surface area contributed by atoms with Crippen LogP contribution in [0.5, 0.6) is 0 Å². The molecule has 0 radical (unpaired) electrons. The predicted molar refractivity (Wildman–Crippen MR) is 87.1 cm³/mol. The monoisotopic (exact) mass is 278 g/mol. The van der Waals surface area contributed by atoms with Gasteiger partial charge in [0.2, 0.25) is 0 Å². The van der Waals surface area contributed by atoms with Crippen LogP contribution in [0, 0.1) is 6.92 Å². The summed E-state index contributed by atoms with van der Waals surface area (Å²) >= 11 is 6.32. The van der Waals surface area contributed by atoms with Crippen LogP contribution in [0.15, 0.2) is 72.8 Å². The Bertz CT molecular complexity index is 692. The van der Waals surface area contributed by atoms with Crippen molar-refractivity contribution in [3.8, 4) is 22.3 Å². The maximum Gasteiger partial charge on any atom is 0.0487 e. The molecule has 0 aliphatic heterocycles. The zero-order valence-corrected chi connectivity index (χ0v) is 12.1. The Kier molecular flexibility index (Phi) is 3.58. The van der Waals surface area contributed by atoms with E-state index in [2.05, 4.69) is 61.5 Å². The first-order chi connectivity index (χ1) is 9.75. The quantitative estimate of drug-likeness (QED) is 0.541. The fraction of sp³-hybridized carbons (Fsp3) is 0.0526. The molecule has 0 nitrogen and oxygen atoms in total. The zero-order valence-electron chi connectivity index (χ0n) is 11.3. The topological polar surface area (TPSA) is 0 Å². The Hall–Kier alpha value is -2.05. The molecule has 0 fully saturated rings. The summed E-state index contributed by atoms with van der Waals surface area (Å²) in [5.41, 5.74) is 5.93. The fourth-order valence-corrected chi connectivity index (χ4v) is 2.79. The number of hydrogen-bond donors (Lipinski definition) is 0. The SMILES string of the molecule is Cc1cccc(Cl)c1-c1ccc(-c2ccccc2)cc1. The average Bonchev–Trinajstić information content (AvgIpc) is 2.49. The van der Waals surface area contributed by atoms with Gasteiger partial charge in [-0.3, -0.25) is 0 Å². The minimum Gasteiger partial charge on any atom is -0.0837 e. The molecular weight excluding hydrogens is 264 g/mol. The van der Waals surface area contributed by atoms with Gasteiger partial charge in [-0.1, -0.05) is 78.3 Å². The van der Waals surface area contributed by atoms with E-state index in [1.165, 1.54) is 16.7 Å². The summed E-state index contributed by atoms with van der Waals surface area (Å²) in [6, 6.07) is 25.0. The van der Waals surface area contributed by atoms with Crippen molar-refractivity contribution >= 4 is 11.6 Å². The van der Waals surface area contributed by atoms with Crippen LogP contribution in [0.1, 0.15) is 5.56 Å². The molecule has 0 amide bonds. The summed E-state index contributed by atoms with van der Waals surface area (Å²) in [4.78, 5) is 0. The first-order valence-electron chi connectivity index (χ1n) is 6.67. The number of hydrogen-bond acceptors (Lipinski definition) is 0. The van der Waals surface area contributed by atoms with Crippen LogP contribution in [0.25, 0.3) is 22.3 Å². The van der Waals surface area contributed by atoms with Crippen molar-refractivity contribution in [1.82, 2.24) is 0 Å². The second-order valence-corrected chi connectivity index (χ2v) is 5.28. The predicted octanol–water partition coefficient (Wildman–Crippen LogP) is 5.98. The first kappa shape index (κ1) is 13.0. The molecule has 3 aromatic carbocycles. The van der Waals surface area contributed by atoms with Crippen molar-refractivity contribution in [3.63, 3.8) is 0 Å². The van der Waals surface area contributed by atoms with Gasteiger partial charge < -0.3 is 0 Å². The molecule has 0 aliphatic rings. The molecule has 0 spiro atoms. The van der Waals surface area contributed by atoms with Gasteiger partial charge in [-0.15, -0.1) is 0 Å². The lowest BCUT2D eigenvalue weighted by atomic mass is 9.97. The highest BCUT2D eigenvalue weighted by molar-refractivity contribution is 6.33. The third kappa shape index (κ3) is 2.48. The van der Waals surface area contributed by atoms with Crippen LogP contribution < -0.4 is 0 Å². The largest absolute Gasteiger partial charge is 0.0837 e. The van der Waals surface area contributed by atoms with Gasteiger partial charge in [0.1, 0.15) is 0 Å². The van der Waals surface area contributed by atoms with Crippen LogP contribution in [0.4, 0.5) is 0 Å². The number of rotatable bonds is 2. The normalized spacial score (nSPS) is 10.5. The molecule has 98 valence electrons. The maximum atomic E-state index is 6.32. The van der Waals surface area contributed by atoms with Gasteiger partial charge >= 0.3 is 0 Å². The van der Waals surface area contributed by atoms with Crippen molar-refractivity contribution in [1.29, 1.82) is 0 Å². The Balaban J connectivity index is 2.02. The molecule has 0 aliphatic carbocycles. The third-order valence-electron chi connectivity index (χ3n) is 3.50. The van der Waals surface area contributed by atoms with E-state index >= 15 is 0 Å². The molecule has 0 bridgehead atoms. The summed E-state index contributed by atoms with van der Waals surface area (Å²) in [7, 11) is 0. The molecule has 0 aromatic heterocycles. The lowest BCUT2D eigenvalue weighted by molar-refractivity contribution is 1.46. The van der Waals surface area contributed by atoms with Crippen molar-refractivity contribution < 1.29 is 0 Å². The van der Waals surface area contributed by atoms with Crippen molar-refractivity contribution in [2.24, 2.45) is 0 Å². The van der Waals surface area contributed by atoms with Crippen LogP contribution >= 0.6 is 11.6 Å². The van der Waals surface area contributed by atoms with Crippen molar-refractivity contribution in [3.05, 3.63) is 83.4 Å². The first-order valence-corrected chi connectivity index (χ1v) is 7.04. The number of benzene rings is 3. The summed E-state index contributed by atoms with van der Waals surface area (Å²) in [5.74, 6) is 0. The van der Waals surface area contributed by atoms with Crippen molar-refractivity contribution in [2.75, 3.05) is 0 Å². The third-order valence-corrected chi connectivity index (χ3v) is 3.82. The van der Waals surface area contributed by atoms with E-state index in [4.69, 9.17) is 11.6 Å². The fourth-order valence-electron chi connectivity index (χ4n) is 2.46. The molecule has 0 atom stereocenters. The van der Waals surface area contributed by atoms with Gasteiger partial charge in [0, 0.05) is 10.6 Å². The zero-order chi connectivity index (χ0) is 13.9. The van der Waals surface area contributed by atoms with E-state index in [1.807, 2.05) is 18.2 Å². The van der Waals surface area contributed by atoms with E-state index in [0.717, 1.165) is 16.1 Å². The molecular formula is C19H15Cl. The highest BCUT2D eigenvalue weighted by Crippen LogP contribution is 2.32. The smallest absolute Gasteiger partial charge is 0.0487 e. The van der Waals surface area contributed by atoms with Crippen LogP contribution in [-0.4, -0.2) is 0 Å². The second-order valence-electron chi connectivity index (χ2n) is 4.88. The molecule has 0 N–H and O–H groups in total. The van der Waals surface area contributed by atoms with Crippen LogP contribution in [0.3, 0.4) is 0 Å². The molecule has 0 saturated heterocycles. The summed E-state index contributed by atoms with van der Waals surface area (Å²) in [6.07, 6.45) is 0. The lowest BCUT2D eigenvalue weighted by Gasteiger charge is -2.09. The Morgan fingerprint density at radius 3 is 1.85 bits per heavy atom. The Morgan fingerprint density at radius 1 is 0.600 bits per heavy atom. The number of halogens is 1. The molecule has 0 heterocycles. The molecule has 3 rings (SSSR count). The minimum atomic E-state index is 0.803. The highest BCUT2D eigenvalue weighted by Gasteiger charge is 2.06. The summed E-state index contributed by atoms with van der Waals surface area (Å²) in [6.45, 7) is 2.09. The minimum absolute atomic E-state index is 0.803. The van der Waals surface area contributed by atoms with E-state index < -0.39 is 0 Å². The van der Waals surface area contributed by atoms with E-state index in [1.54, 1.807) is 0 Å². The molecule has 1 heteroatoms. The van der Waals surface area contributed by atoms with Gasteiger partial charge in [-0.25, -0.2) is 0 Å². The Morgan fingerprint density at radius 2 is 1.20 bits per heavy atom. The van der Waals surface area contributed by atoms with E-state index in [0.29, 0.717) is 0 Å². The Labute approximate surface area is 124 Å². The summed E-state index contributed by atoms with van der Waals surface area (Å²) < 4.78 is 0. The van der Waals surface area contributed by atoms with Gasteiger partial charge in [-0.05, 0) is 35.2 Å². The van der Waals surface area contributed by atoms with Gasteiger partial charge in [0.15, 0.2) is 0 Å². The molecule has 0 unspecified atom stereocenters. The van der Waals surface area contributed by atoms with E-state index in [9.17, 15) is 0 Å². The maximum absolute atomic E-state index is 6.32.